The van der Waals surface area contributed by atoms with Crippen LogP contribution in [0.2, 0.25) is 5.02 Å². The Labute approximate surface area is 168 Å². The Morgan fingerprint density at radius 3 is 2.39 bits per heavy atom. The van der Waals surface area contributed by atoms with Crippen LogP contribution in [-0.4, -0.2) is 60.3 Å². The molecule has 0 radical (unpaired) electrons. The van der Waals surface area contributed by atoms with Gasteiger partial charge in [0.25, 0.3) is 5.91 Å². The Morgan fingerprint density at radius 2 is 1.71 bits per heavy atom. The lowest BCUT2D eigenvalue weighted by Gasteiger charge is -2.28. The van der Waals surface area contributed by atoms with Gasteiger partial charge in [-0.2, -0.15) is 15.0 Å². The molecule has 9 heteroatoms. The number of morpholine rings is 1. The second-order valence-corrected chi connectivity index (χ2v) is 7.27. The van der Waals surface area contributed by atoms with Gasteiger partial charge in [0.1, 0.15) is 0 Å². The predicted octanol–water partition coefficient (Wildman–Crippen LogP) is 1.89. The van der Waals surface area contributed by atoms with E-state index in [1.54, 1.807) is 24.3 Å². The number of hydrogen-bond acceptors (Lipinski definition) is 7. The zero-order chi connectivity index (χ0) is 19.3. The van der Waals surface area contributed by atoms with Crippen molar-refractivity contribution in [3.05, 3.63) is 40.7 Å². The number of nitrogens with zero attached hydrogens (tertiary/aromatic N) is 5. The molecule has 0 aliphatic carbocycles. The fourth-order valence-corrected chi connectivity index (χ4v) is 3.52. The molecule has 0 spiro atoms. The van der Waals surface area contributed by atoms with E-state index >= 15 is 0 Å². The molecule has 1 amide bonds. The monoisotopic (exact) mass is 402 g/mol. The molecule has 2 aliphatic rings. The molecule has 8 nitrogen and oxygen atoms in total. The van der Waals surface area contributed by atoms with Crippen LogP contribution in [0.1, 0.15) is 29.0 Å². The number of aromatic nitrogens is 3. The Hall–Kier alpha value is -2.45. The maximum absolute atomic E-state index is 12.4. The maximum atomic E-state index is 12.4. The van der Waals surface area contributed by atoms with Gasteiger partial charge in [0.2, 0.25) is 11.9 Å². The van der Waals surface area contributed by atoms with Crippen LogP contribution in [0.4, 0.5) is 11.9 Å². The average Bonchev–Trinajstić information content (AvgIpc) is 3.27. The number of nitrogens with one attached hydrogen (secondary N) is 1. The van der Waals surface area contributed by atoms with Gasteiger partial charge in [-0.1, -0.05) is 17.7 Å². The largest absolute Gasteiger partial charge is 0.378 e. The summed E-state index contributed by atoms with van der Waals surface area (Å²) in [6.07, 6.45) is 2.28. The van der Waals surface area contributed by atoms with Crippen LogP contribution in [0.3, 0.4) is 0 Å². The highest BCUT2D eigenvalue weighted by Crippen LogP contribution is 2.19. The second kappa shape index (κ2) is 8.70. The highest BCUT2D eigenvalue weighted by atomic mass is 35.5. The van der Waals surface area contributed by atoms with Gasteiger partial charge in [-0.05, 0) is 31.0 Å². The number of carbonyl (C=O) groups is 1. The van der Waals surface area contributed by atoms with Gasteiger partial charge in [0.05, 0.1) is 19.8 Å². The van der Waals surface area contributed by atoms with Crippen LogP contribution in [-0.2, 0) is 11.3 Å². The molecule has 2 fully saturated rings. The lowest BCUT2D eigenvalue weighted by molar-refractivity contribution is 0.0950. The molecule has 1 aromatic carbocycles. The minimum Gasteiger partial charge on any atom is -0.378 e. The topological polar surface area (TPSA) is 83.5 Å². The van der Waals surface area contributed by atoms with Crippen LogP contribution in [0.5, 0.6) is 0 Å². The van der Waals surface area contributed by atoms with Gasteiger partial charge in [-0.25, -0.2) is 0 Å². The minimum absolute atomic E-state index is 0.210. The summed E-state index contributed by atoms with van der Waals surface area (Å²) in [5.41, 5.74) is 0.509. The average molecular weight is 403 g/mol. The van der Waals surface area contributed by atoms with Crippen molar-refractivity contribution in [3.63, 3.8) is 0 Å². The van der Waals surface area contributed by atoms with Crippen molar-refractivity contribution in [2.24, 2.45) is 0 Å². The van der Waals surface area contributed by atoms with Crippen LogP contribution in [0, 0.1) is 0 Å². The van der Waals surface area contributed by atoms with Crippen molar-refractivity contribution in [1.82, 2.24) is 20.3 Å². The van der Waals surface area contributed by atoms with E-state index in [4.69, 9.17) is 16.3 Å². The summed E-state index contributed by atoms with van der Waals surface area (Å²) in [5.74, 6) is 1.67. The van der Waals surface area contributed by atoms with Crippen LogP contribution in [0.15, 0.2) is 24.3 Å². The standard InChI is InChI=1S/C19H23ClN6O2/c20-15-5-3-4-14(12-15)17(27)21-13-16-22-18(25-6-1-2-7-25)24-19(23-16)26-8-10-28-11-9-26/h3-5,12H,1-2,6-11,13H2,(H,21,27). The number of halogens is 1. The summed E-state index contributed by atoms with van der Waals surface area (Å²) in [6.45, 7) is 4.93. The number of anilines is 2. The van der Waals surface area contributed by atoms with Crippen molar-refractivity contribution >= 4 is 29.4 Å². The maximum Gasteiger partial charge on any atom is 0.251 e. The Morgan fingerprint density at radius 1 is 1.04 bits per heavy atom. The zero-order valence-electron chi connectivity index (χ0n) is 15.6. The van der Waals surface area contributed by atoms with Gasteiger partial charge in [-0.3, -0.25) is 4.79 Å². The lowest BCUT2D eigenvalue weighted by atomic mass is 10.2. The number of carbonyl (C=O) groups excluding carboxylic acids is 1. The highest BCUT2D eigenvalue weighted by molar-refractivity contribution is 6.30. The summed E-state index contributed by atoms with van der Waals surface area (Å²) < 4.78 is 5.43. The van der Waals surface area contributed by atoms with E-state index in [9.17, 15) is 4.79 Å². The van der Waals surface area contributed by atoms with Gasteiger partial charge in [0.15, 0.2) is 5.82 Å². The zero-order valence-corrected chi connectivity index (χ0v) is 16.4. The van der Waals surface area contributed by atoms with Crippen LogP contribution < -0.4 is 15.1 Å². The molecular formula is C19H23ClN6O2. The van der Waals surface area contributed by atoms with Crippen molar-refractivity contribution < 1.29 is 9.53 Å². The first-order valence-corrected chi connectivity index (χ1v) is 9.93. The third kappa shape index (κ3) is 4.51. The summed E-state index contributed by atoms with van der Waals surface area (Å²) in [5, 5.41) is 3.40. The van der Waals surface area contributed by atoms with Crippen molar-refractivity contribution in [2.45, 2.75) is 19.4 Å². The summed E-state index contributed by atoms with van der Waals surface area (Å²) in [7, 11) is 0. The van der Waals surface area contributed by atoms with E-state index in [2.05, 4.69) is 30.1 Å². The van der Waals surface area contributed by atoms with Crippen LogP contribution >= 0.6 is 11.6 Å². The molecule has 0 saturated carbocycles. The number of benzene rings is 1. The third-order valence-electron chi connectivity index (χ3n) is 4.83. The fourth-order valence-electron chi connectivity index (χ4n) is 3.33. The number of rotatable bonds is 5. The Balaban J connectivity index is 1.52. The van der Waals surface area contributed by atoms with Gasteiger partial charge in [0, 0.05) is 36.8 Å². The summed E-state index contributed by atoms with van der Waals surface area (Å²) >= 11 is 5.97. The van der Waals surface area contributed by atoms with Gasteiger partial charge >= 0.3 is 0 Å². The smallest absolute Gasteiger partial charge is 0.251 e. The Kier molecular flexibility index (Phi) is 5.87. The van der Waals surface area contributed by atoms with Crippen LogP contribution in [0.25, 0.3) is 0 Å². The summed E-state index contributed by atoms with van der Waals surface area (Å²) in [4.78, 5) is 30.6. The molecule has 0 unspecified atom stereocenters. The Bertz CT molecular complexity index is 837. The van der Waals surface area contributed by atoms with Crippen molar-refractivity contribution in [1.29, 1.82) is 0 Å². The molecule has 2 aromatic rings. The summed E-state index contributed by atoms with van der Waals surface area (Å²) in [6, 6.07) is 6.85. The molecule has 148 valence electrons. The molecule has 2 aliphatic heterocycles. The molecule has 4 rings (SSSR count). The van der Waals surface area contributed by atoms with E-state index in [1.165, 1.54) is 0 Å². The first-order chi connectivity index (χ1) is 13.7. The normalized spacial score (nSPS) is 17.0. The molecular weight excluding hydrogens is 380 g/mol. The van der Waals surface area contributed by atoms with E-state index < -0.39 is 0 Å². The third-order valence-corrected chi connectivity index (χ3v) is 5.07. The molecule has 0 atom stereocenters. The van der Waals surface area contributed by atoms with Gasteiger partial charge in [-0.15, -0.1) is 0 Å². The fraction of sp³-hybridized carbons (Fsp3) is 0.474. The molecule has 2 saturated heterocycles. The van der Waals surface area contributed by atoms with E-state index in [0.29, 0.717) is 41.5 Å². The molecule has 3 heterocycles. The van der Waals surface area contributed by atoms with E-state index in [-0.39, 0.29) is 12.5 Å². The quantitative estimate of drug-likeness (QED) is 0.817. The van der Waals surface area contributed by atoms with Crippen molar-refractivity contribution in [2.75, 3.05) is 49.2 Å². The molecule has 0 bridgehead atoms. The first-order valence-electron chi connectivity index (χ1n) is 9.55. The number of amides is 1. The van der Waals surface area contributed by atoms with Crippen molar-refractivity contribution in [3.8, 4) is 0 Å². The van der Waals surface area contributed by atoms with Gasteiger partial charge < -0.3 is 19.9 Å². The second-order valence-electron chi connectivity index (χ2n) is 6.84. The highest BCUT2D eigenvalue weighted by Gasteiger charge is 2.21. The first kappa shape index (κ1) is 18.9. The molecule has 1 aromatic heterocycles. The number of ether oxygens (including phenoxy) is 1. The minimum atomic E-state index is -0.210. The molecule has 1 N–H and O–H groups in total. The molecule has 28 heavy (non-hydrogen) atoms. The number of hydrogen-bond donors (Lipinski definition) is 1. The SMILES string of the molecule is O=C(NCc1nc(N2CCCC2)nc(N2CCOCC2)n1)c1cccc(Cl)c1. The predicted molar refractivity (Wildman–Crippen MR) is 107 cm³/mol. The lowest BCUT2D eigenvalue weighted by Crippen LogP contribution is -2.38. The van der Waals surface area contributed by atoms with E-state index in [0.717, 1.165) is 39.0 Å². The van der Waals surface area contributed by atoms with E-state index in [1.807, 2.05) is 0 Å².